The van der Waals surface area contributed by atoms with Crippen LogP contribution in [-0.4, -0.2) is 21.2 Å². The Balaban J connectivity index is 1.34. The fourth-order valence-electron chi connectivity index (χ4n) is 2.42. The molecule has 0 spiro atoms. The van der Waals surface area contributed by atoms with E-state index in [1.54, 1.807) is 48.8 Å². The maximum absolute atomic E-state index is 12.2. The SMILES string of the molecule is O=C(OCc1nnc(-c2ccccc2)o1)c1ccc(Oc2cccnc2)cc1. The van der Waals surface area contributed by atoms with Gasteiger partial charge in [0.25, 0.3) is 5.89 Å². The summed E-state index contributed by atoms with van der Waals surface area (Å²) in [6.45, 7) is -0.105. The van der Waals surface area contributed by atoms with E-state index in [9.17, 15) is 4.79 Å². The summed E-state index contributed by atoms with van der Waals surface area (Å²) in [6, 6.07) is 19.6. The zero-order chi connectivity index (χ0) is 19.2. The van der Waals surface area contributed by atoms with Gasteiger partial charge in [0.15, 0.2) is 6.61 Å². The molecule has 2 heterocycles. The van der Waals surface area contributed by atoms with Gasteiger partial charge in [-0.3, -0.25) is 4.98 Å². The van der Waals surface area contributed by atoms with Gasteiger partial charge < -0.3 is 13.9 Å². The first-order valence-electron chi connectivity index (χ1n) is 8.51. The molecule has 7 nitrogen and oxygen atoms in total. The monoisotopic (exact) mass is 373 g/mol. The van der Waals surface area contributed by atoms with E-state index in [4.69, 9.17) is 13.9 Å². The van der Waals surface area contributed by atoms with Crippen LogP contribution in [0.15, 0.2) is 83.5 Å². The van der Waals surface area contributed by atoms with Crippen molar-refractivity contribution in [3.63, 3.8) is 0 Å². The van der Waals surface area contributed by atoms with Gasteiger partial charge in [0, 0.05) is 11.8 Å². The van der Waals surface area contributed by atoms with Crippen molar-refractivity contribution in [3.05, 3.63) is 90.6 Å². The Bertz CT molecular complexity index is 1050. The molecule has 4 aromatic rings. The van der Waals surface area contributed by atoms with Crippen LogP contribution in [0.5, 0.6) is 11.5 Å². The second-order valence-electron chi connectivity index (χ2n) is 5.76. The molecule has 0 amide bonds. The molecule has 138 valence electrons. The third kappa shape index (κ3) is 4.21. The van der Waals surface area contributed by atoms with Gasteiger partial charge >= 0.3 is 5.97 Å². The second kappa shape index (κ2) is 8.13. The highest BCUT2D eigenvalue weighted by atomic mass is 16.5. The number of benzene rings is 2. The molecule has 0 atom stereocenters. The summed E-state index contributed by atoms with van der Waals surface area (Å²) in [6.07, 6.45) is 3.27. The Labute approximate surface area is 160 Å². The number of esters is 1. The Morgan fingerprint density at radius 1 is 0.893 bits per heavy atom. The molecule has 7 heteroatoms. The summed E-state index contributed by atoms with van der Waals surface area (Å²) in [7, 11) is 0. The van der Waals surface area contributed by atoms with E-state index in [2.05, 4.69) is 15.2 Å². The molecular weight excluding hydrogens is 358 g/mol. The van der Waals surface area contributed by atoms with Gasteiger partial charge in [-0.05, 0) is 48.5 Å². The van der Waals surface area contributed by atoms with Crippen LogP contribution in [0, 0.1) is 0 Å². The van der Waals surface area contributed by atoms with Crippen molar-refractivity contribution in [2.24, 2.45) is 0 Å². The molecule has 0 unspecified atom stereocenters. The number of rotatable bonds is 6. The fraction of sp³-hybridized carbons (Fsp3) is 0.0476. The molecule has 4 rings (SSSR count). The van der Waals surface area contributed by atoms with E-state index < -0.39 is 5.97 Å². The van der Waals surface area contributed by atoms with Gasteiger partial charge in [0.05, 0.1) is 11.8 Å². The van der Waals surface area contributed by atoms with Crippen molar-refractivity contribution in [1.29, 1.82) is 0 Å². The smallest absolute Gasteiger partial charge is 0.338 e. The maximum Gasteiger partial charge on any atom is 0.338 e. The van der Waals surface area contributed by atoms with E-state index in [-0.39, 0.29) is 12.5 Å². The van der Waals surface area contributed by atoms with Crippen molar-refractivity contribution in [2.45, 2.75) is 6.61 Å². The summed E-state index contributed by atoms with van der Waals surface area (Å²) >= 11 is 0. The largest absolute Gasteiger partial charge is 0.456 e. The van der Waals surface area contributed by atoms with E-state index in [1.807, 2.05) is 30.3 Å². The molecule has 0 bridgehead atoms. The molecule has 0 saturated heterocycles. The van der Waals surface area contributed by atoms with Crippen LogP contribution in [0.4, 0.5) is 0 Å². The van der Waals surface area contributed by atoms with Gasteiger partial charge in [-0.1, -0.05) is 18.2 Å². The average Bonchev–Trinajstić information content (AvgIpc) is 3.23. The lowest BCUT2D eigenvalue weighted by molar-refractivity contribution is 0.0438. The van der Waals surface area contributed by atoms with Gasteiger partial charge in [-0.25, -0.2) is 4.79 Å². The lowest BCUT2D eigenvalue weighted by atomic mass is 10.2. The van der Waals surface area contributed by atoms with Gasteiger partial charge in [0.2, 0.25) is 5.89 Å². The molecule has 0 radical (unpaired) electrons. The number of pyridine rings is 1. The van der Waals surface area contributed by atoms with Crippen molar-refractivity contribution in [2.75, 3.05) is 0 Å². The highest BCUT2D eigenvalue weighted by Crippen LogP contribution is 2.21. The molecule has 0 N–H and O–H groups in total. The minimum absolute atomic E-state index is 0.105. The zero-order valence-electron chi connectivity index (χ0n) is 14.7. The molecule has 0 aliphatic carbocycles. The van der Waals surface area contributed by atoms with E-state index >= 15 is 0 Å². The third-order valence-corrected chi connectivity index (χ3v) is 3.77. The van der Waals surface area contributed by atoms with Gasteiger partial charge in [0.1, 0.15) is 11.5 Å². The van der Waals surface area contributed by atoms with Crippen LogP contribution in [0.2, 0.25) is 0 Å². The number of carbonyl (C=O) groups is 1. The first-order chi connectivity index (χ1) is 13.8. The molecule has 2 aromatic heterocycles. The Kier molecular flexibility index (Phi) is 5.06. The quantitative estimate of drug-likeness (QED) is 0.466. The zero-order valence-corrected chi connectivity index (χ0v) is 14.7. The van der Waals surface area contributed by atoms with Gasteiger partial charge in [-0.15, -0.1) is 10.2 Å². The van der Waals surface area contributed by atoms with Crippen molar-refractivity contribution >= 4 is 5.97 Å². The molecular formula is C21H15N3O4. The first kappa shape index (κ1) is 17.4. The standard InChI is InChI=1S/C21H15N3O4/c25-21(16-8-10-17(11-9-16)27-18-7-4-12-22-13-18)26-14-19-23-24-20(28-19)15-5-2-1-3-6-15/h1-13H,14H2. The summed E-state index contributed by atoms with van der Waals surface area (Å²) in [5.74, 6) is 1.32. The van der Waals surface area contributed by atoms with E-state index in [0.29, 0.717) is 23.0 Å². The minimum atomic E-state index is -0.493. The van der Waals surface area contributed by atoms with Crippen molar-refractivity contribution < 1.29 is 18.7 Å². The molecule has 0 aliphatic rings. The lowest BCUT2D eigenvalue weighted by Crippen LogP contribution is -2.05. The van der Waals surface area contributed by atoms with Crippen LogP contribution < -0.4 is 4.74 Å². The van der Waals surface area contributed by atoms with Crippen LogP contribution in [0.25, 0.3) is 11.5 Å². The molecule has 0 aliphatic heterocycles. The molecule has 2 aromatic carbocycles. The average molecular weight is 373 g/mol. The third-order valence-electron chi connectivity index (χ3n) is 3.77. The minimum Gasteiger partial charge on any atom is -0.456 e. The normalized spacial score (nSPS) is 10.4. The highest BCUT2D eigenvalue weighted by Gasteiger charge is 2.12. The lowest BCUT2D eigenvalue weighted by Gasteiger charge is -2.06. The van der Waals surface area contributed by atoms with Crippen LogP contribution in [-0.2, 0) is 11.3 Å². The number of aromatic nitrogens is 3. The topological polar surface area (TPSA) is 87.3 Å². The summed E-state index contributed by atoms with van der Waals surface area (Å²) in [5, 5.41) is 7.86. The number of nitrogens with zero attached hydrogens (tertiary/aromatic N) is 3. The summed E-state index contributed by atoms with van der Waals surface area (Å²) in [5.41, 5.74) is 1.19. The fourth-order valence-corrected chi connectivity index (χ4v) is 2.42. The van der Waals surface area contributed by atoms with Gasteiger partial charge in [-0.2, -0.15) is 0 Å². The van der Waals surface area contributed by atoms with Crippen LogP contribution in [0.3, 0.4) is 0 Å². The van der Waals surface area contributed by atoms with E-state index in [0.717, 1.165) is 5.56 Å². The maximum atomic E-state index is 12.2. The van der Waals surface area contributed by atoms with Crippen molar-refractivity contribution in [3.8, 4) is 23.0 Å². The number of hydrogen-bond acceptors (Lipinski definition) is 7. The predicted octanol–water partition coefficient (Wildman–Crippen LogP) is 4.28. The van der Waals surface area contributed by atoms with Crippen molar-refractivity contribution in [1.82, 2.24) is 15.2 Å². The predicted molar refractivity (Wildman–Crippen MR) is 99.6 cm³/mol. The Hall–Kier alpha value is -4.00. The second-order valence-corrected chi connectivity index (χ2v) is 5.76. The molecule has 0 fully saturated rings. The summed E-state index contributed by atoms with van der Waals surface area (Å²) in [4.78, 5) is 16.2. The van der Waals surface area contributed by atoms with E-state index in [1.165, 1.54) is 0 Å². The highest BCUT2D eigenvalue weighted by molar-refractivity contribution is 5.89. The summed E-state index contributed by atoms with van der Waals surface area (Å²) < 4.78 is 16.4. The Morgan fingerprint density at radius 2 is 1.71 bits per heavy atom. The first-order valence-corrected chi connectivity index (χ1v) is 8.51. The number of hydrogen-bond donors (Lipinski definition) is 0. The van der Waals surface area contributed by atoms with Crippen LogP contribution in [0.1, 0.15) is 16.2 Å². The number of ether oxygens (including phenoxy) is 2. The number of carbonyl (C=O) groups excluding carboxylic acids is 1. The van der Waals surface area contributed by atoms with Crippen LogP contribution >= 0.6 is 0 Å². The molecule has 28 heavy (non-hydrogen) atoms. The molecule has 0 saturated carbocycles. The Morgan fingerprint density at radius 3 is 2.46 bits per heavy atom.